The van der Waals surface area contributed by atoms with Gasteiger partial charge in [-0.3, -0.25) is 9.78 Å². The van der Waals surface area contributed by atoms with Crippen LogP contribution in [-0.4, -0.2) is 42.1 Å². The smallest absolute Gasteiger partial charge is 0.228 e. The zero-order valence-corrected chi connectivity index (χ0v) is 10.6. The van der Waals surface area contributed by atoms with Crippen molar-refractivity contribution in [1.82, 2.24) is 9.88 Å². The number of hydrogen-bond acceptors (Lipinski definition) is 4. The summed E-state index contributed by atoms with van der Waals surface area (Å²) >= 11 is 0. The molecule has 0 aromatic carbocycles. The molecule has 1 amide bonds. The number of hydrogen-bond donors (Lipinski definition) is 1. The van der Waals surface area contributed by atoms with Gasteiger partial charge in [0.05, 0.1) is 24.4 Å². The molecule has 0 radical (unpaired) electrons. The number of carbonyl (C=O) groups is 1. The summed E-state index contributed by atoms with van der Waals surface area (Å²) in [5.41, 5.74) is 6.94. The van der Waals surface area contributed by atoms with Crippen LogP contribution in [0.5, 0.6) is 0 Å². The number of methoxy groups -OCH3 is 1. The Kier molecular flexibility index (Phi) is 4.15. The summed E-state index contributed by atoms with van der Waals surface area (Å²) in [7, 11) is 1.72. The first-order valence-electron chi connectivity index (χ1n) is 6.20. The zero-order chi connectivity index (χ0) is 13.0. The van der Waals surface area contributed by atoms with Crippen molar-refractivity contribution >= 4 is 11.6 Å². The van der Waals surface area contributed by atoms with Crippen molar-refractivity contribution in [2.75, 3.05) is 25.9 Å². The Hall–Kier alpha value is -1.62. The van der Waals surface area contributed by atoms with Crippen LogP contribution in [-0.2, 0) is 16.0 Å². The van der Waals surface area contributed by atoms with Crippen LogP contribution in [0.4, 0.5) is 5.69 Å². The maximum absolute atomic E-state index is 12.1. The van der Waals surface area contributed by atoms with Gasteiger partial charge in [0.15, 0.2) is 0 Å². The van der Waals surface area contributed by atoms with Gasteiger partial charge in [-0.05, 0) is 25.0 Å². The van der Waals surface area contributed by atoms with Gasteiger partial charge in [-0.25, -0.2) is 0 Å². The molecule has 2 heterocycles. The van der Waals surface area contributed by atoms with E-state index in [1.54, 1.807) is 25.4 Å². The largest absolute Gasteiger partial charge is 0.397 e. The molecule has 5 heteroatoms. The first kappa shape index (κ1) is 12.8. The Bertz CT molecular complexity index is 397. The third-order valence-electron chi connectivity index (χ3n) is 3.31. The van der Waals surface area contributed by atoms with Crippen LogP contribution in [0.2, 0.25) is 0 Å². The molecular weight excluding hydrogens is 230 g/mol. The van der Waals surface area contributed by atoms with Crippen LogP contribution in [0.15, 0.2) is 18.3 Å². The summed E-state index contributed by atoms with van der Waals surface area (Å²) in [5.74, 6) is 0.127. The molecule has 0 bridgehead atoms. The van der Waals surface area contributed by atoms with Crippen LogP contribution in [0.1, 0.15) is 18.5 Å². The number of nitrogens with two attached hydrogens (primary N) is 1. The van der Waals surface area contributed by atoms with Crippen molar-refractivity contribution in [3.63, 3.8) is 0 Å². The molecular formula is C13H19N3O2. The summed E-state index contributed by atoms with van der Waals surface area (Å²) in [6, 6.07) is 3.57. The van der Waals surface area contributed by atoms with E-state index in [0.717, 1.165) is 31.6 Å². The van der Waals surface area contributed by atoms with E-state index in [9.17, 15) is 4.79 Å². The predicted molar refractivity (Wildman–Crippen MR) is 69.0 cm³/mol. The normalized spacial score (nSPS) is 16.8. The molecule has 98 valence electrons. The Morgan fingerprint density at radius 2 is 2.22 bits per heavy atom. The average molecular weight is 249 g/mol. The molecule has 0 spiro atoms. The maximum atomic E-state index is 12.1. The highest BCUT2D eigenvalue weighted by atomic mass is 16.5. The van der Waals surface area contributed by atoms with Gasteiger partial charge in [0.1, 0.15) is 0 Å². The molecule has 0 atom stereocenters. The van der Waals surface area contributed by atoms with Gasteiger partial charge in [-0.2, -0.15) is 0 Å². The minimum absolute atomic E-state index is 0.127. The van der Waals surface area contributed by atoms with Gasteiger partial charge in [0.25, 0.3) is 0 Å². The number of amides is 1. The number of anilines is 1. The average Bonchev–Trinajstić information content (AvgIpc) is 2.41. The van der Waals surface area contributed by atoms with Crippen LogP contribution in [0.25, 0.3) is 0 Å². The fourth-order valence-electron chi connectivity index (χ4n) is 2.15. The van der Waals surface area contributed by atoms with Crippen LogP contribution < -0.4 is 5.73 Å². The molecule has 1 aromatic heterocycles. The lowest BCUT2D eigenvalue weighted by molar-refractivity contribution is -0.132. The van der Waals surface area contributed by atoms with E-state index in [4.69, 9.17) is 10.5 Å². The summed E-state index contributed by atoms with van der Waals surface area (Å²) in [6.07, 6.45) is 4.05. The minimum atomic E-state index is 0.127. The molecule has 1 aliphatic heterocycles. The quantitative estimate of drug-likeness (QED) is 0.862. The number of nitrogen functional groups attached to an aromatic ring is 1. The number of carbonyl (C=O) groups excluding carboxylic acids is 1. The molecule has 1 aliphatic rings. The molecule has 1 aromatic rings. The number of ether oxygens (including phenoxy) is 1. The number of nitrogens with zero attached hydrogens (tertiary/aromatic N) is 2. The first-order chi connectivity index (χ1) is 8.69. The summed E-state index contributed by atoms with van der Waals surface area (Å²) in [4.78, 5) is 18.1. The van der Waals surface area contributed by atoms with E-state index >= 15 is 0 Å². The predicted octanol–water partition coefficient (Wildman–Crippen LogP) is 0.844. The van der Waals surface area contributed by atoms with E-state index in [2.05, 4.69) is 4.98 Å². The Labute approximate surface area is 107 Å². The van der Waals surface area contributed by atoms with Crippen molar-refractivity contribution < 1.29 is 9.53 Å². The number of likely N-dealkylation sites (tertiary alicyclic amines) is 1. The second kappa shape index (κ2) is 5.82. The Morgan fingerprint density at radius 3 is 2.78 bits per heavy atom. The minimum Gasteiger partial charge on any atom is -0.397 e. The Balaban J connectivity index is 1.87. The number of pyridine rings is 1. The van der Waals surface area contributed by atoms with Gasteiger partial charge < -0.3 is 15.4 Å². The van der Waals surface area contributed by atoms with Crippen LogP contribution >= 0.6 is 0 Å². The van der Waals surface area contributed by atoms with E-state index < -0.39 is 0 Å². The summed E-state index contributed by atoms with van der Waals surface area (Å²) in [5, 5.41) is 0. The summed E-state index contributed by atoms with van der Waals surface area (Å²) < 4.78 is 5.29. The van der Waals surface area contributed by atoms with Crippen LogP contribution in [0.3, 0.4) is 0 Å². The van der Waals surface area contributed by atoms with E-state index in [1.165, 1.54) is 0 Å². The number of aromatic nitrogens is 1. The zero-order valence-electron chi connectivity index (χ0n) is 10.6. The second-order valence-corrected chi connectivity index (χ2v) is 4.58. The van der Waals surface area contributed by atoms with Gasteiger partial charge in [-0.1, -0.05) is 0 Å². The van der Waals surface area contributed by atoms with Crippen molar-refractivity contribution in [2.24, 2.45) is 0 Å². The highest BCUT2D eigenvalue weighted by molar-refractivity contribution is 5.78. The van der Waals surface area contributed by atoms with E-state index in [0.29, 0.717) is 18.2 Å². The van der Waals surface area contributed by atoms with Gasteiger partial charge >= 0.3 is 0 Å². The van der Waals surface area contributed by atoms with Crippen molar-refractivity contribution in [3.05, 3.63) is 24.0 Å². The lowest BCUT2D eigenvalue weighted by atomic mass is 10.1. The van der Waals surface area contributed by atoms with Gasteiger partial charge in [0.2, 0.25) is 5.91 Å². The molecule has 0 saturated carbocycles. The third-order valence-corrected chi connectivity index (χ3v) is 3.31. The number of rotatable bonds is 3. The van der Waals surface area contributed by atoms with Crippen LogP contribution in [0, 0.1) is 0 Å². The van der Waals surface area contributed by atoms with E-state index in [-0.39, 0.29) is 5.91 Å². The molecule has 0 unspecified atom stereocenters. The fourth-order valence-corrected chi connectivity index (χ4v) is 2.15. The molecule has 2 rings (SSSR count). The monoisotopic (exact) mass is 249 g/mol. The standard InChI is InChI=1S/C13H19N3O2/c1-18-12-4-6-16(7-5-12)13(17)8-11-3-2-10(14)9-15-11/h2-3,9,12H,4-8,14H2,1H3. The van der Waals surface area contributed by atoms with Gasteiger partial charge in [-0.15, -0.1) is 0 Å². The van der Waals surface area contributed by atoms with Crippen molar-refractivity contribution in [2.45, 2.75) is 25.4 Å². The maximum Gasteiger partial charge on any atom is 0.228 e. The SMILES string of the molecule is COC1CCN(C(=O)Cc2ccc(N)cn2)CC1. The second-order valence-electron chi connectivity index (χ2n) is 4.58. The molecule has 0 aliphatic carbocycles. The van der Waals surface area contributed by atoms with Crippen molar-refractivity contribution in [1.29, 1.82) is 0 Å². The fraction of sp³-hybridized carbons (Fsp3) is 0.538. The first-order valence-corrected chi connectivity index (χ1v) is 6.20. The topological polar surface area (TPSA) is 68.5 Å². The Morgan fingerprint density at radius 1 is 1.50 bits per heavy atom. The third kappa shape index (κ3) is 3.20. The lowest BCUT2D eigenvalue weighted by Crippen LogP contribution is -2.41. The molecule has 1 fully saturated rings. The molecule has 1 saturated heterocycles. The molecule has 2 N–H and O–H groups in total. The lowest BCUT2D eigenvalue weighted by Gasteiger charge is -2.31. The molecule has 5 nitrogen and oxygen atoms in total. The van der Waals surface area contributed by atoms with E-state index in [1.807, 2.05) is 4.90 Å². The highest BCUT2D eigenvalue weighted by Crippen LogP contribution is 2.14. The summed E-state index contributed by atoms with van der Waals surface area (Å²) in [6.45, 7) is 1.54. The van der Waals surface area contributed by atoms with Crippen molar-refractivity contribution in [3.8, 4) is 0 Å². The number of piperidine rings is 1. The van der Waals surface area contributed by atoms with Gasteiger partial charge in [0, 0.05) is 25.9 Å². The highest BCUT2D eigenvalue weighted by Gasteiger charge is 2.22. The molecule has 18 heavy (non-hydrogen) atoms.